The number of hydrogen-bond donors (Lipinski definition) is 4. The smallest absolute Gasteiger partial charge is 0.404 e. The third kappa shape index (κ3) is 4.97. The largest absolute Gasteiger partial charge is 0.465 e. The van der Waals surface area contributed by atoms with Gasteiger partial charge in [-0.1, -0.05) is 30.3 Å². The predicted octanol–water partition coefficient (Wildman–Crippen LogP) is 2.18. The van der Waals surface area contributed by atoms with Gasteiger partial charge in [0.15, 0.2) is 0 Å². The van der Waals surface area contributed by atoms with E-state index in [1.165, 1.54) is 18.2 Å². The van der Waals surface area contributed by atoms with Crippen molar-refractivity contribution in [2.75, 3.05) is 11.3 Å². The summed E-state index contributed by atoms with van der Waals surface area (Å²) in [6.07, 6.45) is -1.88. The van der Waals surface area contributed by atoms with Gasteiger partial charge in [0, 0.05) is 12.2 Å². The molecule has 0 aliphatic heterocycles. The lowest BCUT2D eigenvalue weighted by molar-refractivity contribution is 0.162. The molecule has 7 nitrogen and oxygen atoms in total. The Labute approximate surface area is 140 Å². The number of carbonyl (C=O) groups is 1. The molecular formula is C16H18N2O5S. The molecule has 0 aliphatic carbocycles. The van der Waals surface area contributed by atoms with Crippen LogP contribution in [-0.4, -0.2) is 31.3 Å². The molecule has 0 fully saturated rings. The van der Waals surface area contributed by atoms with E-state index in [4.69, 9.17) is 5.11 Å². The van der Waals surface area contributed by atoms with E-state index >= 15 is 0 Å². The number of nitrogens with one attached hydrogen (secondary N) is 2. The Balaban J connectivity index is 2.09. The third-order valence-electron chi connectivity index (χ3n) is 3.27. The molecule has 0 saturated carbocycles. The Hall–Kier alpha value is -2.58. The topological polar surface area (TPSA) is 116 Å². The monoisotopic (exact) mass is 350 g/mol. The number of benzene rings is 2. The molecule has 0 radical (unpaired) electrons. The zero-order chi connectivity index (χ0) is 17.6. The van der Waals surface area contributed by atoms with Crippen molar-refractivity contribution in [2.24, 2.45) is 0 Å². The Morgan fingerprint density at radius 2 is 1.79 bits per heavy atom. The highest BCUT2D eigenvalue weighted by atomic mass is 32.2. The molecule has 2 aromatic rings. The van der Waals surface area contributed by atoms with Crippen LogP contribution in [0.15, 0.2) is 59.5 Å². The minimum atomic E-state index is -3.71. The molecule has 4 N–H and O–H groups in total. The van der Waals surface area contributed by atoms with Crippen LogP contribution in [0.4, 0.5) is 10.5 Å². The van der Waals surface area contributed by atoms with E-state index in [9.17, 15) is 18.3 Å². The second-order valence-corrected chi connectivity index (χ2v) is 6.76. The Morgan fingerprint density at radius 1 is 1.08 bits per heavy atom. The lowest BCUT2D eigenvalue weighted by atomic mass is 10.1. The Bertz CT molecular complexity index is 793. The van der Waals surface area contributed by atoms with Crippen LogP contribution in [0.25, 0.3) is 0 Å². The van der Waals surface area contributed by atoms with Gasteiger partial charge in [0.05, 0.1) is 11.0 Å². The zero-order valence-corrected chi connectivity index (χ0v) is 13.5. The highest BCUT2D eigenvalue weighted by Gasteiger charge is 2.15. The molecular weight excluding hydrogens is 332 g/mol. The van der Waals surface area contributed by atoms with Crippen LogP contribution >= 0.6 is 0 Å². The number of sulfonamides is 1. The fourth-order valence-electron chi connectivity index (χ4n) is 2.11. The zero-order valence-electron chi connectivity index (χ0n) is 12.7. The molecule has 2 rings (SSSR count). The predicted molar refractivity (Wildman–Crippen MR) is 89.3 cm³/mol. The van der Waals surface area contributed by atoms with Crippen molar-refractivity contribution in [1.29, 1.82) is 0 Å². The van der Waals surface area contributed by atoms with Crippen LogP contribution in [0.3, 0.4) is 0 Å². The van der Waals surface area contributed by atoms with Gasteiger partial charge < -0.3 is 15.5 Å². The van der Waals surface area contributed by atoms with Gasteiger partial charge in [-0.25, -0.2) is 13.2 Å². The van der Waals surface area contributed by atoms with Gasteiger partial charge in [-0.15, -0.1) is 0 Å². The minimum Gasteiger partial charge on any atom is -0.465 e. The summed E-state index contributed by atoms with van der Waals surface area (Å²) in [6.45, 7) is 0.0937. The van der Waals surface area contributed by atoms with Crippen molar-refractivity contribution < 1.29 is 23.4 Å². The number of rotatable bonds is 7. The molecule has 0 bridgehead atoms. The van der Waals surface area contributed by atoms with Gasteiger partial charge in [-0.3, -0.25) is 4.72 Å². The van der Waals surface area contributed by atoms with E-state index in [2.05, 4.69) is 10.0 Å². The SMILES string of the molecule is O=C(O)NCCC(O)c1cccc(NS(=O)(=O)c2ccccc2)c1. The maximum atomic E-state index is 12.3. The highest BCUT2D eigenvalue weighted by Crippen LogP contribution is 2.22. The van der Waals surface area contributed by atoms with Gasteiger partial charge in [-0.2, -0.15) is 0 Å². The van der Waals surface area contributed by atoms with Crippen molar-refractivity contribution in [2.45, 2.75) is 17.4 Å². The van der Waals surface area contributed by atoms with Gasteiger partial charge in [-0.05, 0) is 36.2 Å². The normalized spacial score (nSPS) is 12.4. The minimum absolute atomic E-state index is 0.0937. The first-order valence-electron chi connectivity index (χ1n) is 7.21. The second kappa shape index (κ2) is 7.80. The van der Waals surface area contributed by atoms with Crippen LogP contribution in [0.5, 0.6) is 0 Å². The summed E-state index contributed by atoms with van der Waals surface area (Å²) >= 11 is 0. The molecule has 24 heavy (non-hydrogen) atoms. The molecule has 1 atom stereocenters. The number of anilines is 1. The maximum absolute atomic E-state index is 12.3. The number of hydrogen-bond acceptors (Lipinski definition) is 4. The van der Waals surface area contributed by atoms with E-state index in [-0.39, 0.29) is 17.9 Å². The first-order chi connectivity index (χ1) is 11.4. The number of aliphatic hydroxyl groups is 1. The Morgan fingerprint density at radius 3 is 2.46 bits per heavy atom. The second-order valence-electron chi connectivity index (χ2n) is 5.08. The molecule has 0 saturated heterocycles. The van der Waals surface area contributed by atoms with Crippen molar-refractivity contribution in [3.63, 3.8) is 0 Å². The van der Waals surface area contributed by atoms with Crippen molar-refractivity contribution in [3.8, 4) is 0 Å². The average Bonchev–Trinajstić information content (AvgIpc) is 2.55. The molecule has 128 valence electrons. The quantitative estimate of drug-likeness (QED) is 0.611. The van der Waals surface area contributed by atoms with Crippen LogP contribution in [0.1, 0.15) is 18.1 Å². The van der Waals surface area contributed by atoms with Crippen molar-refractivity contribution >= 4 is 21.8 Å². The van der Waals surface area contributed by atoms with Crippen LogP contribution in [0, 0.1) is 0 Å². The average molecular weight is 350 g/mol. The molecule has 2 aromatic carbocycles. The highest BCUT2D eigenvalue weighted by molar-refractivity contribution is 7.92. The van der Waals surface area contributed by atoms with E-state index in [0.717, 1.165) is 0 Å². The number of aliphatic hydroxyl groups excluding tert-OH is 1. The van der Waals surface area contributed by atoms with E-state index in [1.54, 1.807) is 36.4 Å². The van der Waals surface area contributed by atoms with Crippen molar-refractivity contribution in [1.82, 2.24) is 5.32 Å². The van der Waals surface area contributed by atoms with E-state index in [1.807, 2.05) is 0 Å². The first-order valence-corrected chi connectivity index (χ1v) is 8.69. The third-order valence-corrected chi connectivity index (χ3v) is 4.67. The summed E-state index contributed by atoms with van der Waals surface area (Å²) < 4.78 is 27.0. The van der Waals surface area contributed by atoms with Gasteiger partial charge in [0.2, 0.25) is 0 Å². The molecule has 0 aliphatic rings. The number of carboxylic acid groups (broad SMARTS) is 1. The van der Waals surface area contributed by atoms with Crippen LogP contribution in [-0.2, 0) is 10.0 Å². The first kappa shape index (κ1) is 17.8. The fraction of sp³-hybridized carbons (Fsp3) is 0.188. The summed E-state index contributed by atoms with van der Waals surface area (Å²) in [4.78, 5) is 10.5. The molecule has 1 amide bonds. The maximum Gasteiger partial charge on any atom is 0.404 e. The van der Waals surface area contributed by atoms with Gasteiger partial charge >= 0.3 is 6.09 Å². The number of amides is 1. The van der Waals surface area contributed by atoms with Gasteiger partial charge in [0.25, 0.3) is 10.0 Å². The van der Waals surface area contributed by atoms with Gasteiger partial charge in [0.1, 0.15) is 0 Å². The van der Waals surface area contributed by atoms with Crippen LogP contribution in [0.2, 0.25) is 0 Å². The molecule has 8 heteroatoms. The fourth-order valence-corrected chi connectivity index (χ4v) is 3.18. The summed E-state index contributed by atoms with van der Waals surface area (Å²) in [6, 6.07) is 14.3. The molecule has 1 unspecified atom stereocenters. The summed E-state index contributed by atoms with van der Waals surface area (Å²) in [7, 11) is -3.71. The molecule has 0 heterocycles. The lowest BCUT2D eigenvalue weighted by Crippen LogP contribution is -2.23. The summed E-state index contributed by atoms with van der Waals surface area (Å²) in [5.74, 6) is 0. The van der Waals surface area contributed by atoms with E-state index in [0.29, 0.717) is 11.3 Å². The Kier molecular flexibility index (Phi) is 5.78. The summed E-state index contributed by atoms with van der Waals surface area (Å²) in [5, 5.41) is 20.7. The van der Waals surface area contributed by atoms with E-state index < -0.39 is 22.2 Å². The molecule has 0 spiro atoms. The standard InChI is InChI=1S/C16H18N2O5S/c19-15(9-10-17-16(20)21)12-5-4-6-13(11-12)18-24(22,23)14-7-2-1-3-8-14/h1-8,11,15,17-19H,9-10H2,(H,20,21). The lowest BCUT2D eigenvalue weighted by Gasteiger charge is -2.13. The molecule has 0 aromatic heterocycles. The van der Waals surface area contributed by atoms with Crippen molar-refractivity contribution in [3.05, 3.63) is 60.2 Å². The van der Waals surface area contributed by atoms with Crippen LogP contribution < -0.4 is 10.0 Å². The summed E-state index contributed by atoms with van der Waals surface area (Å²) in [5.41, 5.74) is 0.817.